The molecule has 0 unspecified atom stereocenters. The smallest absolute Gasteiger partial charge is 0.256 e. The van der Waals surface area contributed by atoms with E-state index in [4.69, 9.17) is 5.84 Å². The standard InChI is InChI=1S/C13H19N3O2/c1-3-9(2)11(13(18)16-14)15-12(17)10-7-5-4-6-8-10/h4-9,11H,3,14H2,1-2H3,(H,15,17)(H,16,18)/t9-,11+/m1/s1. The third-order valence-electron chi connectivity index (χ3n) is 2.96. The Morgan fingerprint density at radius 3 is 2.39 bits per heavy atom. The molecule has 5 heteroatoms. The molecule has 0 bridgehead atoms. The highest BCUT2D eigenvalue weighted by atomic mass is 16.2. The Kier molecular flexibility index (Phi) is 5.32. The molecule has 4 N–H and O–H groups in total. The Morgan fingerprint density at radius 2 is 1.89 bits per heavy atom. The average molecular weight is 249 g/mol. The molecule has 5 nitrogen and oxygen atoms in total. The van der Waals surface area contributed by atoms with Crippen LogP contribution in [0.2, 0.25) is 0 Å². The van der Waals surface area contributed by atoms with Crippen molar-refractivity contribution in [1.82, 2.24) is 10.7 Å². The maximum Gasteiger partial charge on any atom is 0.256 e. The summed E-state index contributed by atoms with van der Waals surface area (Å²) in [4.78, 5) is 23.6. The molecule has 18 heavy (non-hydrogen) atoms. The molecule has 0 saturated heterocycles. The lowest BCUT2D eigenvalue weighted by Crippen LogP contribution is -2.52. The van der Waals surface area contributed by atoms with E-state index in [1.54, 1.807) is 24.3 Å². The van der Waals surface area contributed by atoms with Gasteiger partial charge in [0.2, 0.25) is 0 Å². The van der Waals surface area contributed by atoms with Crippen LogP contribution in [0.4, 0.5) is 0 Å². The van der Waals surface area contributed by atoms with Gasteiger partial charge in [-0.1, -0.05) is 38.5 Å². The topological polar surface area (TPSA) is 84.2 Å². The van der Waals surface area contributed by atoms with E-state index in [0.29, 0.717) is 5.56 Å². The molecular formula is C13H19N3O2. The fourth-order valence-corrected chi connectivity index (χ4v) is 1.61. The molecule has 1 aromatic rings. The molecule has 0 aliphatic rings. The van der Waals surface area contributed by atoms with Crippen molar-refractivity contribution in [3.63, 3.8) is 0 Å². The monoisotopic (exact) mass is 249 g/mol. The molecule has 98 valence electrons. The number of amides is 2. The van der Waals surface area contributed by atoms with Crippen LogP contribution in [0.1, 0.15) is 30.6 Å². The lowest BCUT2D eigenvalue weighted by Gasteiger charge is -2.22. The maximum atomic E-state index is 12.0. The number of hydrazine groups is 1. The van der Waals surface area contributed by atoms with E-state index < -0.39 is 6.04 Å². The first-order valence-electron chi connectivity index (χ1n) is 5.96. The van der Waals surface area contributed by atoms with Gasteiger partial charge in [0.15, 0.2) is 0 Å². The van der Waals surface area contributed by atoms with Crippen molar-refractivity contribution in [3.8, 4) is 0 Å². The van der Waals surface area contributed by atoms with Gasteiger partial charge in [-0.05, 0) is 18.1 Å². The van der Waals surface area contributed by atoms with Crippen molar-refractivity contribution >= 4 is 11.8 Å². The SMILES string of the molecule is CC[C@@H](C)[C@H](NC(=O)c1ccccc1)C(=O)NN. The van der Waals surface area contributed by atoms with Crippen molar-refractivity contribution in [2.75, 3.05) is 0 Å². The van der Waals surface area contributed by atoms with Crippen molar-refractivity contribution < 1.29 is 9.59 Å². The quantitative estimate of drug-likeness (QED) is 0.410. The Hall–Kier alpha value is -1.88. The Labute approximate surface area is 107 Å². The van der Waals surface area contributed by atoms with Crippen LogP contribution < -0.4 is 16.6 Å². The molecule has 0 aliphatic heterocycles. The molecule has 2 amide bonds. The van der Waals surface area contributed by atoms with E-state index in [2.05, 4.69) is 10.7 Å². The molecule has 0 spiro atoms. The van der Waals surface area contributed by atoms with E-state index in [9.17, 15) is 9.59 Å². The minimum absolute atomic E-state index is 0.0150. The Bertz CT molecular complexity index is 406. The number of benzene rings is 1. The Balaban J connectivity index is 2.78. The molecule has 0 aliphatic carbocycles. The number of nitrogens with two attached hydrogens (primary N) is 1. The molecular weight excluding hydrogens is 230 g/mol. The van der Waals surface area contributed by atoms with Gasteiger partial charge in [-0.2, -0.15) is 0 Å². The van der Waals surface area contributed by atoms with Gasteiger partial charge in [-0.3, -0.25) is 15.0 Å². The zero-order valence-corrected chi connectivity index (χ0v) is 10.6. The molecule has 1 rings (SSSR count). The summed E-state index contributed by atoms with van der Waals surface area (Å²) in [5.74, 6) is 4.49. The number of nitrogens with one attached hydrogen (secondary N) is 2. The van der Waals surface area contributed by atoms with E-state index >= 15 is 0 Å². The third kappa shape index (κ3) is 3.56. The van der Waals surface area contributed by atoms with Crippen LogP contribution in [0.5, 0.6) is 0 Å². The first-order valence-corrected chi connectivity index (χ1v) is 5.96. The summed E-state index contributed by atoms with van der Waals surface area (Å²) in [7, 11) is 0. The third-order valence-corrected chi connectivity index (χ3v) is 2.96. The van der Waals surface area contributed by atoms with Crippen LogP contribution in [0.3, 0.4) is 0 Å². The molecule has 0 heterocycles. The van der Waals surface area contributed by atoms with Crippen molar-refractivity contribution in [3.05, 3.63) is 35.9 Å². The highest BCUT2D eigenvalue weighted by molar-refractivity contribution is 5.97. The van der Waals surface area contributed by atoms with Crippen molar-refractivity contribution in [2.45, 2.75) is 26.3 Å². The molecule has 0 aromatic heterocycles. The normalized spacial score (nSPS) is 13.5. The maximum absolute atomic E-state index is 12.0. The lowest BCUT2D eigenvalue weighted by atomic mass is 9.98. The number of hydrogen-bond acceptors (Lipinski definition) is 3. The van der Waals surface area contributed by atoms with E-state index in [1.807, 2.05) is 19.9 Å². The summed E-state index contributed by atoms with van der Waals surface area (Å²) in [5, 5.41) is 2.70. The highest BCUT2D eigenvalue weighted by Gasteiger charge is 2.25. The average Bonchev–Trinajstić information content (AvgIpc) is 2.43. The number of hydrogen-bond donors (Lipinski definition) is 3. The van der Waals surface area contributed by atoms with Gasteiger partial charge in [0.1, 0.15) is 6.04 Å². The summed E-state index contributed by atoms with van der Waals surface area (Å²) in [6, 6.07) is 8.15. The van der Waals surface area contributed by atoms with Gasteiger partial charge in [0, 0.05) is 5.56 Å². The van der Waals surface area contributed by atoms with E-state index in [-0.39, 0.29) is 17.7 Å². The van der Waals surface area contributed by atoms with E-state index in [1.165, 1.54) is 0 Å². The van der Waals surface area contributed by atoms with Gasteiger partial charge in [0.05, 0.1) is 0 Å². The van der Waals surface area contributed by atoms with Crippen molar-refractivity contribution in [1.29, 1.82) is 0 Å². The fraction of sp³-hybridized carbons (Fsp3) is 0.385. The summed E-state index contributed by atoms with van der Waals surface area (Å²) in [5.41, 5.74) is 2.61. The molecule has 1 aromatic carbocycles. The second-order valence-electron chi connectivity index (χ2n) is 4.21. The minimum Gasteiger partial charge on any atom is -0.340 e. The molecule has 0 radical (unpaired) electrons. The number of carbonyl (C=O) groups is 2. The fourth-order valence-electron chi connectivity index (χ4n) is 1.61. The predicted molar refractivity (Wildman–Crippen MR) is 69.5 cm³/mol. The lowest BCUT2D eigenvalue weighted by molar-refractivity contribution is -0.124. The van der Waals surface area contributed by atoms with Gasteiger partial charge < -0.3 is 5.32 Å². The number of carbonyl (C=O) groups excluding carboxylic acids is 2. The summed E-state index contributed by atoms with van der Waals surface area (Å²) >= 11 is 0. The molecule has 0 fully saturated rings. The van der Waals surface area contributed by atoms with Crippen LogP contribution in [0, 0.1) is 5.92 Å². The minimum atomic E-state index is -0.618. The molecule has 0 saturated carbocycles. The van der Waals surface area contributed by atoms with Crippen LogP contribution in [0.25, 0.3) is 0 Å². The van der Waals surface area contributed by atoms with Crippen LogP contribution in [-0.2, 0) is 4.79 Å². The zero-order chi connectivity index (χ0) is 13.5. The molecule has 2 atom stereocenters. The summed E-state index contributed by atoms with van der Waals surface area (Å²) in [6.45, 7) is 3.85. The van der Waals surface area contributed by atoms with Crippen LogP contribution in [-0.4, -0.2) is 17.9 Å². The van der Waals surface area contributed by atoms with Gasteiger partial charge in [-0.25, -0.2) is 5.84 Å². The first-order chi connectivity index (χ1) is 8.60. The van der Waals surface area contributed by atoms with Crippen LogP contribution in [0.15, 0.2) is 30.3 Å². The first kappa shape index (κ1) is 14.2. The van der Waals surface area contributed by atoms with Gasteiger partial charge >= 0.3 is 0 Å². The number of rotatable bonds is 5. The Morgan fingerprint density at radius 1 is 1.28 bits per heavy atom. The highest BCUT2D eigenvalue weighted by Crippen LogP contribution is 2.09. The summed E-state index contributed by atoms with van der Waals surface area (Å²) < 4.78 is 0. The van der Waals surface area contributed by atoms with Gasteiger partial charge in [-0.15, -0.1) is 0 Å². The summed E-state index contributed by atoms with van der Waals surface area (Å²) in [6.07, 6.45) is 0.771. The zero-order valence-electron chi connectivity index (χ0n) is 10.6. The second-order valence-corrected chi connectivity index (χ2v) is 4.21. The predicted octanol–water partition coefficient (Wildman–Crippen LogP) is 0.821. The second kappa shape index (κ2) is 6.76. The van der Waals surface area contributed by atoms with Crippen LogP contribution >= 0.6 is 0 Å². The van der Waals surface area contributed by atoms with Crippen molar-refractivity contribution in [2.24, 2.45) is 11.8 Å². The van der Waals surface area contributed by atoms with Gasteiger partial charge in [0.25, 0.3) is 11.8 Å². The van der Waals surface area contributed by atoms with E-state index in [0.717, 1.165) is 6.42 Å². The largest absolute Gasteiger partial charge is 0.340 e.